The highest BCUT2D eigenvalue weighted by molar-refractivity contribution is 5.26. The third kappa shape index (κ3) is 0.654. The molecule has 3 aliphatic carbocycles. The molecule has 3 rings (SSSR count). The van der Waals surface area contributed by atoms with Crippen LogP contribution in [0.25, 0.3) is 0 Å². The summed E-state index contributed by atoms with van der Waals surface area (Å²) in [4.78, 5) is 0. The van der Waals surface area contributed by atoms with Crippen molar-refractivity contribution < 1.29 is 0 Å². The molecule has 0 aliphatic heterocycles. The molecule has 0 aromatic carbocycles. The first-order valence-corrected chi connectivity index (χ1v) is 5.52. The van der Waals surface area contributed by atoms with Gasteiger partial charge in [-0.2, -0.15) is 0 Å². The molecular formula is C12H18. The zero-order valence-corrected chi connectivity index (χ0v) is 7.81. The lowest BCUT2D eigenvalue weighted by atomic mass is 9.69. The van der Waals surface area contributed by atoms with E-state index >= 15 is 0 Å². The van der Waals surface area contributed by atoms with Gasteiger partial charge in [0.25, 0.3) is 0 Å². The van der Waals surface area contributed by atoms with Gasteiger partial charge in [-0.1, -0.05) is 25.0 Å². The van der Waals surface area contributed by atoms with E-state index in [2.05, 4.69) is 6.58 Å². The van der Waals surface area contributed by atoms with Crippen LogP contribution in [0.3, 0.4) is 0 Å². The smallest absolute Gasteiger partial charge is 0.00596 e. The topological polar surface area (TPSA) is 0 Å². The molecule has 0 radical (unpaired) electrons. The molecular weight excluding hydrogens is 144 g/mol. The summed E-state index contributed by atoms with van der Waals surface area (Å²) >= 11 is 0. The lowest BCUT2D eigenvalue weighted by Crippen LogP contribution is -2.26. The highest BCUT2D eigenvalue weighted by Crippen LogP contribution is 2.65. The van der Waals surface area contributed by atoms with Gasteiger partial charge >= 0.3 is 0 Å². The van der Waals surface area contributed by atoms with Gasteiger partial charge in [-0.3, -0.25) is 0 Å². The standard InChI is InChI=1S/C12H18/c1-9-10-4-5-11(8-10)12(9)6-2-3-7-12/h10-11H,1-8H2. The van der Waals surface area contributed by atoms with Crippen molar-refractivity contribution >= 4 is 0 Å². The van der Waals surface area contributed by atoms with Crippen molar-refractivity contribution in [3.8, 4) is 0 Å². The van der Waals surface area contributed by atoms with Gasteiger partial charge in [-0.25, -0.2) is 0 Å². The van der Waals surface area contributed by atoms with Crippen molar-refractivity contribution in [2.45, 2.75) is 44.9 Å². The molecule has 3 saturated carbocycles. The van der Waals surface area contributed by atoms with E-state index in [1.165, 1.54) is 44.9 Å². The number of hydrogen-bond donors (Lipinski definition) is 0. The summed E-state index contributed by atoms with van der Waals surface area (Å²) in [5.74, 6) is 1.99. The fraction of sp³-hybridized carbons (Fsp3) is 0.833. The Kier molecular flexibility index (Phi) is 1.29. The Labute approximate surface area is 75.0 Å². The second kappa shape index (κ2) is 2.16. The summed E-state index contributed by atoms with van der Waals surface area (Å²) in [5, 5.41) is 0. The van der Waals surface area contributed by atoms with Crippen LogP contribution in [0, 0.1) is 17.3 Å². The van der Waals surface area contributed by atoms with Gasteiger partial charge in [-0.15, -0.1) is 0 Å². The zero-order chi connectivity index (χ0) is 8.18. The van der Waals surface area contributed by atoms with Crippen LogP contribution in [0.15, 0.2) is 12.2 Å². The minimum atomic E-state index is 0.670. The largest absolute Gasteiger partial charge is 0.0990 e. The van der Waals surface area contributed by atoms with Gasteiger partial charge in [0, 0.05) is 0 Å². The molecule has 0 heterocycles. The summed E-state index contributed by atoms with van der Waals surface area (Å²) in [6.45, 7) is 4.37. The van der Waals surface area contributed by atoms with Crippen LogP contribution in [0.2, 0.25) is 0 Å². The number of fused-ring (bicyclic) bond motifs is 3. The first-order chi connectivity index (χ1) is 5.83. The van der Waals surface area contributed by atoms with E-state index in [9.17, 15) is 0 Å². The van der Waals surface area contributed by atoms with E-state index in [0.29, 0.717) is 5.41 Å². The van der Waals surface area contributed by atoms with Crippen molar-refractivity contribution in [2.24, 2.45) is 17.3 Å². The van der Waals surface area contributed by atoms with Gasteiger partial charge in [0.1, 0.15) is 0 Å². The van der Waals surface area contributed by atoms with Crippen LogP contribution in [0.5, 0.6) is 0 Å². The van der Waals surface area contributed by atoms with Crippen molar-refractivity contribution in [2.75, 3.05) is 0 Å². The SMILES string of the molecule is C=C1C2CCC(C2)C12CCCC2. The van der Waals surface area contributed by atoms with Crippen molar-refractivity contribution in [3.05, 3.63) is 12.2 Å². The molecule has 0 nitrogen and oxygen atoms in total. The average Bonchev–Trinajstić information content (AvgIpc) is 2.75. The Morgan fingerprint density at radius 3 is 2.50 bits per heavy atom. The van der Waals surface area contributed by atoms with Crippen molar-refractivity contribution in [1.29, 1.82) is 0 Å². The van der Waals surface area contributed by atoms with Gasteiger partial charge in [0.15, 0.2) is 0 Å². The van der Waals surface area contributed by atoms with Gasteiger partial charge < -0.3 is 0 Å². The summed E-state index contributed by atoms with van der Waals surface area (Å²) in [6.07, 6.45) is 10.4. The first kappa shape index (κ1) is 7.17. The number of rotatable bonds is 0. The zero-order valence-electron chi connectivity index (χ0n) is 7.81. The first-order valence-electron chi connectivity index (χ1n) is 5.52. The molecule has 0 aromatic rings. The molecule has 0 N–H and O–H groups in total. The van der Waals surface area contributed by atoms with E-state index in [-0.39, 0.29) is 0 Å². The molecule has 3 fully saturated rings. The molecule has 0 saturated heterocycles. The number of allylic oxidation sites excluding steroid dienone is 1. The predicted molar refractivity (Wildman–Crippen MR) is 50.9 cm³/mol. The highest BCUT2D eigenvalue weighted by Gasteiger charge is 2.54. The maximum Gasteiger partial charge on any atom is -0.00596 e. The Balaban J connectivity index is 1.99. The lowest BCUT2D eigenvalue weighted by Gasteiger charge is -2.35. The fourth-order valence-electron chi connectivity index (χ4n) is 4.20. The van der Waals surface area contributed by atoms with E-state index < -0.39 is 0 Å². The fourth-order valence-corrected chi connectivity index (χ4v) is 4.20. The highest BCUT2D eigenvalue weighted by atomic mass is 14.6. The van der Waals surface area contributed by atoms with Crippen LogP contribution in [0.1, 0.15) is 44.9 Å². The minimum absolute atomic E-state index is 0.670. The van der Waals surface area contributed by atoms with Crippen LogP contribution in [-0.2, 0) is 0 Å². The van der Waals surface area contributed by atoms with Crippen LogP contribution in [0.4, 0.5) is 0 Å². The summed E-state index contributed by atoms with van der Waals surface area (Å²) < 4.78 is 0. The van der Waals surface area contributed by atoms with Gasteiger partial charge in [0.2, 0.25) is 0 Å². The monoisotopic (exact) mass is 162 g/mol. The third-order valence-electron chi connectivity index (χ3n) is 4.84. The maximum absolute atomic E-state index is 4.37. The molecule has 2 unspecified atom stereocenters. The third-order valence-corrected chi connectivity index (χ3v) is 4.84. The normalized spacial score (nSPS) is 43.2. The summed E-state index contributed by atoms with van der Waals surface area (Å²) in [5.41, 5.74) is 2.33. The molecule has 12 heavy (non-hydrogen) atoms. The molecule has 3 aliphatic rings. The average molecular weight is 162 g/mol. The predicted octanol–water partition coefficient (Wildman–Crippen LogP) is 3.53. The molecule has 1 spiro atoms. The van der Waals surface area contributed by atoms with E-state index in [4.69, 9.17) is 0 Å². The van der Waals surface area contributed by atoms with E-state index in [1.54, 1.807) is 5.57 Å². The molecule has 0 aromatic heterocycles. The molecule has 2 atom stereocenters. The molecule has 2 bridgehead atoms. The van der Waals surface area contributed by atoms with Gasteiger partial charge in [0.05, 0.1) is 0 Å². The second-order valence-corrected chi connectivity index (χ2v) is 5.10. The number of hydrogen-bond acceptors (Lipinski definition) is 0. The van der Waals surface area contributed by atoms with E-state index in [0.717, 1.165) is 11.8 Å². The quantitative estimate of drug-likeness (QED) is 0.478. The molecule has 0 heteroatoms. The molecule has 66 valence electrons. The summed E-state index contributed by atoms with van der Waals surface area (Å²) in [6, 6.07) is 0. The van der Waals surface area contributed by atoms with E-state index in [1.807, 2.05) is 0 Å². The lowest BCUT2D eigenvalue weighted by molar-refractivity contribution is 0.238. The van der Waals surface area contributed by atoms with Crippen LogP contribution >= 0.6 is 0 Å². The molecule has 0 amide bonds. The Morgan fingerprint density at radius 2 is 1.92 bits per heavy atom. The Morgan fingerprint density at radius 1 is 1.17 bits per heavy atom. The van der Waals surface area contributed by atoms with Crippen molar-refractivity contribution in [1.82, 2.24) is 0 Å². The summed E-state index contributed by atoms with van der Waals surface area (Å²) in [7, 11) is 0. The van der Waals surface area contributed by atoms with Crippen molar-refractivity contribution in [3.63, 3.8) is 0 Å². The maximum atomic E-state index is 4.37. The van der Waals surface area contributed by atoms with Crippen LogP contribution in [-0.4, -0.2) is 0 Å². The van der Waals surface area contributed by atoms with Gasteiger partial charge in [-0.05, 0) is 49.4 Å². The minimum Gasteiger partial charge on any atom is -0.0990 e. The Hall–Kier alpha value is -0.260. The Bertz CT molecular complexity index is 220. The second-order valence-electron chi connectivity index (χ2n) is 5.10. The van der Waals surface area contributed by atoms with Crippen LogP contribution < -0.4 is 0 Å².